The van der Waals surface area contributed by atoms with Gasteiger partial charge in [0.05, 0.1) is 10.1 Å². The number of aromatic hydroxyl groups is 1. The number of phenols is 1. The van der Waals surface area contributed by atoms with Crippen LogP contribution in [0, 0.1) is 0 Å². The van der Waals surface area contributed by atoms with Crippen LogP contribution in [0.5, 0.6) is 5.75 Å². The fourth-order valence-electron chi connectivity index (χ4n) is 1.50. The van der Waals surface area contributed by atoms with E-state index in [0.717, 1.165) is 5.56 Å². The molecule has 0 saturated heterocycles. The van der Waals surface area contributed by atoms with Crippen LogP contribution < -0.4 is 5.32 Å². The zero-order valence-electron chi connectivity index (χ0n) is 10.0. The van der Waals surface area contributed by atoms with E-state index in [0.29, 0.717) is 23.3 Å². The van der Waals surface area contributed by atoms with Crippen LogP contribution in [0.3, 0.4) is 0 Å². The molecule has 1 aromatic carbocycles. The lowest BCUT2D eigenvalue weighted by atomic mass is 10.1. The molecule has 0 aromatic heterocycles. The molecule has 0 aliphatic rings. The molecule has 3 nitrogen and oxygen atoms in total. The summed E-state index contributed by atoms with van der Waals surface area (Å²) in [5.74, 6) is 0.947. The highest BCUT2D eigenvalue weighted by Crippen LogP contribution is 2.24. The van der Waals surface area contributed by atoms with E-state index in [-0.39, 0.29) is 5.75 Å². The molecule has 0 aliphatic carbocycles. The van der Waals surface area contributed by atoms with Gasteiger partial charge in [-0.25, -0.2) is 0 Å². The third kappa shape index (κ3) is 5.29. The van der Waals surface area contributed by atoms with Crippen LogP contribution in [-0.2, 0) is 6.54 Å². The number of hydrogen-bond donors (Lipinski definition) is 3. The van der Waals surface area contributed by atoms with E-state index in [4.69, 9.17) is 0 Å². The predicted molar refractivity (Wildman–Crippen MR) is 76.5 cm³/mol. The molecule has 0 bridgehead atoms. The summed E-state index contributed by atoms with van der Waals surface area (Å²) < 4.78 is 0.688. The first kappa shape index (κ1) is 14.8. The topological polar surface area (TPSA) is 52.5 Å². The van der Waals surface area contributed by atoms with Crippen molar-refractivity contribution in [2.24, 2.45) is 0 Å². The summed E-state index contributed by atoms with van der Waals surface area (Å²) in [7, 11) is 0. The second kappa shape index (κ2) is 6.64. The normalized spacial score (nSPS) is 14.6. The Morgan fingerprint density at radius 3 is 2.76 bits per heavy atom. The lowest BCUT2D eigenvalue weighted by Gasteiger charge is -2.22. The molecule has 96 valence electrons. The predicted octanol–water partition coefficient (Wildman–Crippen LogP) is 2.36. The van der Waals surface area contributed by atoms with Crippen LogP contribution in [0.1, 0.15) is 12.5 Å². The molecule has 0 spiro atoms. The molecule has 1 aromatic rings. The van der Waals surface area contributed by atoms with E-state index >= 15 is 0 Å². The molecular formula is C12H18BrNO2S. The van der Waals surface area contributed by atoms with Gasteiger partial charge in [-0.2, -0.15) is 11.8 Å². The van der Waals surface area contributed by atoms with Gasteiger partial charge in [-0.1, -0.05) is 6.07 Å². The van der Waals surface area contributed by atoms with Crippen molar-refractivity contribution >= 4 is 27.7 Å². The average molecular weight is 320 g/mol. The number of nitrogens with one attached hydrogen (secondary N) is 1. The van der Waals surface area contributed by atoms with Crippen molar-refractivity contribution in [3.05, 3.63) is 28.2 Å². The highest BCUT2D eigenvalue weighted by Gasteiger charge is 2.18. The molecule has 0 saturated carbocycles. The summed E-state index contributed by atoms with van der Waals surface area (Å²) >= 11 is 4.90. The second-order valence-corrected chi connectivity index (χ2v) is 6.04. The van der Waals surface area contributed by atoms with Gasteiger partial charge in [-0.05, 0) is 46.8 Å². The van der Waals surface area contributed by atoms with E-state index in [1.165, 1.54) is 0 Å². The number of thioether (sulfide) groups is 1. The molecule has 1 atom stereocenters. The van der Waals surface area contributed by atoms with Crippen molar-refractivity contribution < 1.29 is 10.2 Å². The first-order chi connectivity index (χ1) is 7.94. The molecule has 5 heteroatoms. The molecule has 3 N–H and O–H groups in total. The zero-order chi connectivity index (χ0) is 12.9. The zero-order valence-corrected chi connectivity index (χ0v) is 12.4. The van der Waals surface area contributed by atoms with Gasteiger partial charge in [0.2, 0.25) is 0 Å². The summed E-state index contributed by atoms with van der Waals surface area (Å²) in [5, 5.41) is 22.5. The Morgan fingerprint density at radius 2 is 2.18 bits per heavy atom. The van der Waals surface area contributed by atoms with E-state index in [1.54, 1.807) is 17.8 Å². The number of phenolic OH excluding ortho intramolecular Hbond substituents is 1. The van der Waals surface area contributed by atoms with Crippen LogP contribution in [0.4, 0.5) is 0 Å². The van der Waals surface area contributed by atoms with Crippen LogP contribution in [0.25, 0.3) is 0 Å². The Balaban J connectivity index is 2.43. The quantitative estimate of drug-likeness (QED) is 0.753. The largest absolute Gasteiger partial charge is 0.507 e. The Bertz CT molecular complexity index is 372. The van der Waals surface area contributed by atoms with Gasteiger partial charge >= 0.3 is 0 Å². The van der Waals surface area contributed by atoms with E-state index in [2.05, 4.69) is 21.2 Å². The maximum absolute atomic E-state index is 9.96. The number of aliphatic hydroxyl groups is 1. The third-order valence-corrected chi connectivity index (χ3v) is 3.85. The van der Waals surface area contributed by atoms with Crippen LogP contribution in [0.15, 0.2) is 22.7 Å². The Kier molecular flexibility index (Phi) is 5.79. The van der Waals surface area contributed by atoms with Crippen LogP contribution in [-0.4, -0.2) is 34.4 Å². The van der Waals surface area contributed by atoms with Crippen molar-refractivity contribution in [1.82, 2.24) is 5.32 Å². The molecule has 0 aliphatic heterocycles. The summed E-state index contributed by atoms with van der Waals surface area (Å²) in [6.45, 7) is 3.04. The smallest absolute Gasteiger partial charge is 0.129 e. The highest BCUT2D eigenvalue weighted by atomic mass is 79.9. The number of hydrogen-bond acceptors (Lipinski definition) is 4. The third-order valence-electron chi connectivity index (χ3n) is 2.30. The second-order valence-electron chi connectivity index (χ2n) is 4.32. The molecule has 0 amide bonds. The minimum Gasteiger partial charge on any atom is -0.507 e. The molecule has 1 unspecified atom stereocenters. The average Bonchev–Trinajstić information content (AvgIpc) is 2.23. The van der Waals surface area contributed by atoms with Crippen molar-refractivity contribution in [3.8, 4) is 5.75 Å². The highest BCUT2D eigenvalue weighted by molar-refractivity contribution is 9.10. The van der Waals surface area contributed by atoms with E-state index in [1.807, 2.05) is 25.3 Å². The van der Waals surface area contributed by atoms with E-state index < -0.39 is 5.60 Å². The van der Waals surface area contributed by atoms with Gasteiger partial charge < -0.3 is 15.5 Å². The molecule has 0 radical (unpaired) electrons. The molecule has 0 fully saturated rings. The van der Waals surface area contributed by atoms with Crippen molar-refractivity contribution in [2.45, 2.75) is 19.1 Å². The maximum Gasteiger partial charge on any atom is 0.129 e. The van der Waals surface area contributed by atoms with Gasteiger partial charge in [0.15, 0.2) is 0 Å². The summed E-state index contributed by atoms with van der Waals surface area (Å²) in [6.07, 6.45) is 1.98. The fourth-order valence-corrected chi connectivity index (χ4v) is 2.65. The molecule has 0 heterocycles. The standard InChI is InChI=1S/C12H18BrNO2S/c1-12(16,8-17-2)7-14-6-9-3-4-11(15)10(13)5-9/h3-5,14-16H,6-8H2,1-2H3. The van der Waals surface area contributed by atoms with Gasteiger partial charge in [0.25, 0.3) is 0 Å². The SMILES string of the molecule is CSCC(C)(O)CNCc1ccc(O)c(Br)c1. The Morgan fingerprint density at radius 1 is 1.47 bits per heavy atom. The summed E-state index contributed by atoms with van der Waals surface area (Å²) in [5.41, 5.74) is 0.378. The molecular weight excluding hydrogens is 302 g/mol. The van der Waals surface area contributed by atoms with Gasteiger partial charge in [-0.3, -0.25) is 0 Å². The van der Waals surface area contributed by atoms with E-state index in [9.17, 15) is 10.2 Å². The van der Waals surface area contributed by atoms with Gasteiger partial charge in [0, 0.05) is 18.8 Å². The first-order valence-electron chi connectivity index (χ1n) is 5.34. The van der Waals surface area contributed by atoms with Crippen molar-refractivity contribution in [2.75, 3.05) is 18.6 Å². The summed E-state index contributed by atoms with van der Waals surface area (Å²) in [6, 6.07) is 5.38. The maximum atomic E-state index is 9.96. The minimum absolute atomic E-state index is 0.239. The van der Waals surface area contributed by atoms with Crippen LogP contribution in [0.2, 0.25) is 0 Å². The lowest BCUT2D eigenvalue weighted by molar-refractivity contribution is 0.0846. The Labute approximate surface area is 115 Å². The van der Waals surface area contributed by atoms with Crippen LogP contribution >= 0.6 is 27.7 Å². The van der Waals surface area contributed by atoms with Crippen molar-refractivity contribution in [3.63, 3.8) is 0 Å². The number of rotatable bonds is 6. The van der Waals surface area contributed by atoms with Crippen molar-refractivity contribution in [1.29, 1.82) is 0 Å². The monoisotopic (exact) mass is 319 g/mol. The fraction of sp³-hybridized carbons (Fsp3) is 0.500. The van der Waals surface area contributed by atoms with Gasteiger partial charge in [0.1, 0.15) is 5.75 Å². The van der Waals surface area contributed by atoms with Gasteiger partial charge in [-0.15, -0.1) is 0 Å². The first-order valence-corrected chi connectivity index (χ1v) is 7.53. The number of benzene rings is 1. The minimum atomic E-state index is -0.687. The Hall–Kier alpha value is -0.230. The molecule has 1 rings (SSSR count). The lowest BCUT2D eigenvalue weighted by Crippen LogP contribution is -2.39. The molecule has 17 heavy (non-hydrogen) atoms. The summed E-state index contributed by atoms with van der Waals surface area (Å²) in [4.78, 5) is 0. The number of halogens is 1.